The number of nitrogen functional groups attached to an aromatic ring is 1. The molecule has 18 heavy (non-hydrogen) atoms. The van der Waals surface area contributed by atoms with Gasteiger partial charge in [0.1, 0.15) is 6.07 Å². The first kappa shape index (κ1) is 12.3. The maximum Gasteiger partial charge on any atom is 0.101 e. The van der Waals surface area contributed by atoms with Crippen LogP contribution >= 0.6 is 11.6 Å². The molecule has 0 radical (unpaired) electrons. The Morgan fingerprint density at radius 1 is 1.17 bits per heavy atom. The van der Waals surface area contributed by atoms with Gasteiger partial charge >= 0.3 is 0 Å². The lowest BCUT2D eigenvalue weighted by atomic mass is 10.1. The molecule has 4 heteroatoms. The molecule has 0 unspecified atom stereocenters. The second-order valence-electron chi connectivity index (χ2n) is 4.00. The molecule has 0 saturated carbocycles. The highest BCUT2D eigenvalue weighted by Crippen LogP contribution is 2.27. The zero-order valence-corrected chi connectivity index (χ0v) is 10.6. The maximum absolute atomic E-state index is 9.05. The Balaban J connectivity index is 2.43. The Hall–Kier alpha value is -2.18. The molecule has 0 aliphatic rings. The van der Waals surface area contributed by atoms with E-state index in [2.05, 4.69) is 11.4 Å². The van der Waals surface area contributed by atoms with Crippen molar-refractivity contribution >= 4 is 28.7 Å². The highest BCUT2D eigenvalue weighted by atomic mass is 35.5. The fourth-order valence-corrected chi connectivity index (χ4v) is 1.81. The van der Waals surface area contributed by atoms with Crippen molar-refractivity contribution in [3.8, 4) is 6.07 Å². The molecule has 0 atom stereocenters. The quantitative estimate of drug-likeness (QED) is 0.804. The van der Waals surface area contributed by atoms with Crippen LogP contribution in [0, 0.1) is 18.3 Å². The van der Waals surface area contributed by atoms with Gasteiger partial charge in [-0.2, -0.15) is 5.26 Å². The monoisotopic (exact) mass is 257 g/mol. The van der Waals surface area contributed by atoms with Crippen molar-refractivity contribution in [1.82, 2.24) is 0 Å². The standard InChI is InChI=1S/C14H12ClN3/c1-9-2-5-12(17)7-13(9)18-14-6-11(15)4-3-10(14)8-16/h2-7,18H,17H2,1H3. The van der Waals surface area contributed by atoms with Crippen molar-refractivity contribution in [2.24, 2.45) is 0 Å². The SMILES string of the molecule is Cc1ccc(N)cc1Nc1cc(Cl)ccc1C#N. The number of benzene rings is 2. The van der Waals surface area contributed by atoms with Gasteiger partial charge in [-0.1, -0.05) is 17.7 Å². The molecular formula is C14H12ClN3. The number of hydrogen-bond donors (Lipinski definition) is 2. The van der Waals surface area contributed by atoms with Gasteiger partial charge in [0.25, 0.3) is 0 Å². The second-order valence-corrected chi connectivity index (χ2v) is 4.44. The lowest BCUT2D eigenvalue weighted by molar-refractivity contribution is 1.41. The van der Waals surface area contributed by atoms with E-state index in [1.807, 2.05) is 25.1 Å². The van der Waals surface area contributed by atoms with Gasteiger partial charge in [-0.15, -0.1) is 0 Å². The zero-order valence-electron chi connectivity index (χ0n) is 9.87. The van der Waals surface area contributed by atoms with E-state index in [1.54, 1.807) is 18.2 Å². The van der Waals surface area contributed by atoms with Gasteiger partial charge in [0, 0.05) is 16.4 Å². The molecule has 0 fully saturated rings. The third-order valence-corrected chi connectivity index (χ3v) is 2.87. The van der Waals surface area contributed by atoms with Gasteiger partial charge in [-0.3, -0.25) is 0 Å². The number of nitrogens with two attached hydrogens (primary N) is 1. The van der Waals surface area contributed by atoms with Crippen molar-refractivity contribution in [3.05, 3.63) is 52.5 Å². The number of hydrogen-bond acceptors (Lipinski definition) is 3. The summed E-state index contributed by atoms with van der Waals surface area (Å²) in [7, 11) is 0. The number of nitrogens with one attached hydrogen (secondary N) is 1. The first-order valence-electron chi connectivity index (χ1n) is 5.43. The van der Waals surface area contributed by atoms with Crippen LogP contribution in [0.5, 0.6) is 0 Å². The topological polar surface area (TPSA) is 61.8 Å². The fraction of sp³-hybridized carbons (Fsp3) is 0.0714. The zero-order chi connectivity index (χ0) is 13.1. The van der Waals surface area contributed by atoms with Crippen molar-refractivity contribution < 1.29 is 0 Å². The summed E-state index contributed by atoms with van der Waals surface area (Å²) >= 11 is 5.94. The number of halogens is 1. The van der Waals surface area contributed by atoms with Crippen molar-refractivity contribution in [2.45, 2.75) is 6.92 Å². The van der Waals surface area contributed by atoms with Crippen LogP contribution in [-0.4, -0.2) is 0 Å². The van der Waals surface area contributed by atoms with Crippen LogP contribution in [0.25, 0.3) is 0 Å². The third kappa shape index (κ3) is 2.55. The van der Waals surface area contributed by atoms with Gasteiger partial charge in [0.05, 0.1) is 11.3 Å². The summed E-state index contributed by atoms with van der Waals surface area (Å²) in [5, 5.41) is 12.8. The highest BCUT2D eigenvalue weighted by molar-refractivity contribution is 6.30. The van der Waals surface area contributed by atoms with Crippen molar-refractivity contribution in [2.75, 3.05) is 11.1 Å². The molecule has 0 spiro atoms. The molecule has 0 aliphatic carbocycles. The van der Waals surface area contributed by atoms with E-state index in [0.29, 0.717) is 22.0 Å². The molecular weight excluding hydrogens is 246 g/mol. The molecule has 0 aliphatic heterocycles. The molecule has 0 bridgehead atoms. The van der Waals surface area contributed by atoms with Gasteiger partial charge in [-0.25, -0.2) is 0 Å². The molecule has 0 amide bonds. The lowest BCUT2D eigenvalue weighted by Gasteiger charge is -2.12. The lowest BCUT2D eigenvalue weighted by Crippen LogP contribution is -1.97. The second kappa shape index (κ2) is 4.99. The normalized spacial score (nSPS) is 9.83. The Morgan fingerprint density at radius 2 is 1.94 bits per heavy atom. The number of aryl methyl sites for hydroxylation is 1. The summed E-state index contributed by atoms with van der Waals surface area (Å²) in [5.41, 5.74) is 9.56. The summed E-state index contributed by atoms with van der Waals surface area (Å²) in [5.74, 6) is 0. The smallest absolute Gasteiger partial charge is 0.101 e. The van der Waals surface area contributed by atoms with Crippen molar-refractivity contribution in [1.29, 1.82) is 5.26 Å². The maximum atomic E-state index is 9.05. The average Bonchev–Trinajstić information content (AvgIpc) is 2.34. The van der Waals surface area contributed by atoms with E-state index in [1.165, 1.54) is 0 Å². The summed E-state index contributed by atoms with van der Waals surface area (Å²) < 4.78 is 0. The molecule has 0 heterocycles. The van der Waals surface area contributed by atoms with Crippen LogP contribution < -0.4 is 11.1 Å². The fourth-order valence-electron chi connectivity index (χ4n) is 1.64. The number of nitriles is 1. The molecule has 3 N–H and O–H groups in total. The molecule has 2 aromatic carbocycles. The van der Waals surface area contributed by atoms with Crippen LogP contribution in [-0.2, 0) is 0 Å². The van der Waals surface area contributed by atoms with E-state index in [4.69, 9.17) is 22.6 Å². The molecule has 0 aromatic heterocycles. The summed E-state index contributed by atoms with van der Waals surface area (Å²) in [6.07, 6.45) is 0. The molecule has 90 valence electrons. The van der Waals surface area contributed by atoms with Crippen LogP contribution in [0.15, 0.2) is 36.4 Å². The summed E-state index contributed by atoms with van der Waals surface area (Å²) in [4.78, 5) is 0. The van der Waals surface area contributed by atoms with E-state index in [-0.39, 0.29) is 0 Å². The van der Waals surface area contributed by atoms with E-state index in [9.17, 15) is 0 Å². The van der Waals surface area contributed by atoms with E-state index < -0.39 is 0 Å². The Labute approximate surface area is 111 Å². The highest BCUT2D eigenvalue weighted by Gasteiger charge is 2.05. The number of rotatable bonds is 2. The van der Waals surface area contributed by atoms with Crippen LogP contribution in [0.3, 0.4) is 0 Å². The molecule has 3 nitrogen and oxygen atoms in total. The van der Waals surface area contributed by atoms with E-state index >= 15 is 0 Å². The van der Waals surface area contributed by atoms with Crippen LogP contribution in [0.2, 0.25) is 5.02 Å². The van der Waals surface area contributed by atoms with E-state index in [0.717, 1.165) is 11.3 Å². The van der Waals surface area contributed by atoms with Crippen LogP contribution in [0.4, 0.5) is 17.1 Å². The Kier molecular flexibility index (Phi) is 3.40. The first-order chi connectivity index (χ1) is 8.60. The van der Waals surface area contributed by atoms with Gasteiger partial charge in [-0.05, 0) is 42.8 Å². The predicted octanol–water partition coefficient (Wildman–Crippen LogP) is 3.85. The minimum Gasteiger partial charge on any atom is -0.399 e. The van der Waals surface area contributed by atoms with Gasteiger partial charge < -0.3 is 11.1 Å². The molecule has 2 rings (SSSR count). The molecule has 0 saturated heterocycles. The minimum absolute atomic E-state index is 0.543. The first-order valence-corrected chi connectivity index (χ1v) is 5.81. The predicted molar refractivity (Wildman–Crippen MR) is 75.0 cm³/mol. The third-order valence-electron chi connectivity index (χ3n) is 2.63. The number of anilines is 3. The average molecular weight is 258 g/mol. The van der Waals surface area contributed by atoms with Crippen LogP contribution in [0.1, 0.15) is 11.1 Å². The molecule has 2 aromatic rings. The van der Waals surface area contributed by atoms with Gasteiger partial charge in [0.2, 0.25) is 0 Å². The Morgan fingerprint density at radius 3 is 2.67 bits per heavy atom. The van der Waals surface area contributed by atoms with Crippen molar-refractivity contribution in [3.63, 3.8) is 0 Å². The summed E-state index contributed by atoms with van der Waals surface area (Å²) in [6.45, 7) is 1.97. The number of nitrogens with zero attached hydrogens (tertiary/aromatic N) is 1. The Bertz CT molecular complexity index is 629. The van der Waals surface area contributed by atoms with Gasteiger partial charge in [0.15, 0.2) is 0 Å². The summed E-state index contributed by atoms with van der Waals surface area (Å²) in [6, 6.07) is 12.8. The minimum atomic E-state index is 0.543. The largest absolute Gasteiger partial charge is 0.399 e.